The van der Waals surface area contributed by atoms with E-state index in [0.29, 0.717) is 29.3 Å². The minimum Gasteiger partial charge on any atom is -0.307 e. The highest BCUT2D eigenvalue weighted by Crippen LogP contribution is 2.23. The molecule has 0 saturated heterocycles. The molecule has 0 fully saturated rings. The first-order valence-corrected chi connectivity index (χ1v) is 8.48. The van der Waals surface area contributed by atoms with Crippen molar-refractivity contribution in [3.8, 4) is 0 Å². The van der Waals surface area contributed by atoms with E-state index in [-0.39, 0.29) is 5.91 Å². The number of fused-ring (bicyclic) bond motifs is 1. The average molecular weight is 342 g/mol. The van der Waals surface area contributed by atoms with Gasteiger partial charge in [0, 0.05) is 29.5 Å². The summed E-state index contributed by atoms with van der Waals surface area (Å²) < 4.78 is 1.82. The fraction of sp³-hybridized carbons (Fsp3) is 0.263. The van der Waals surface area contributed by atoms with Crippen LogP contribution in [0.3, 0.4) is 0 Å². The van der Waals surface area contributed by atoms with E-state index in [0.717, 1.165) is 16.9 Å². The van der Waals surface area contributed by atoms with E-state index >= 15 is 0 Å². The van der Waals surface area contributed by atoms with Crippen LogP contribution in [0.1, 0.15) is 35.6 Å². The number of carbonyl (C=O) groups excluding carboxylic acids is 1. The van der Waals surface area contributed by atoms with Crippen molar-refractivity contribution in [2.45, 2.75) is 27.2 Å². The van der Waals surface area contributed by atoms with Gasteiger partial charge in [-0.15, -0.1) is 0 Å². The number of rotatable bonds is 4. The van der Waals surface area contributed by atoms with E-state index < -0.39 is 0 Å². The van der Waals surface area contributed by atoms with Gasteiger partial charge < -0.3 is 4.90 Å². The maximum atomic E-state index is 13.3. The molecule has 2 aromatic heterocycles. The predicted octanol–water partition coefficient (Wildman–Crippen LogP) is 4.53. The van der Waals surface area contributed by atoms with E-state index in [9.17, 15) is 4.79 Å². The third kappa shape index (κ3) is 2.89. The molecule has 124 valence electrons. The quantitative estimate of drug-likeness (QED) is 0.699. The lowest BCUT2D eigenvalue weighted by atomic mass is 10.2. The molecule has 3 rings (SSSR count). The Balaban J connectivity index is 2.13. The lowest BCUT2D eigenvalue weighted by Crippen LogP contribution is -2.32. The van der Waals surface area contributed by atoms with Crippen LogP contribution in [0.5, 0.6) is 0 Å². The molecule has 0 saturated carbocycles. The normalized spacial score (nSPS) is 11.0. The van der Waals surface area contributed by atoms with Crippen molar-refractivity contribution in [1.29, 1.82) is 0 Å². The molecule has 1 aromatic carbocycles. The monoisotopic (exact) mass is 341 g/mol. The van der Waals surface area contributed by atoms with E-state index in [4.69, 9.17) is 11.6 Å². The third-order valence-electron chi connectivity index (χ3n) is 4.07. The number of benzene rings is 1. The van der Waals surface area contributed by atoms with Gasteiger partial charge in [0.05, 0.1) is 5.69 Å². The van der Waals surface area contributed by atoms with Crippen LogP contribution >= 0.6 is 11.6 Å². The van der Waals surface area contributed by atoms with Gasteiger partial charge in [0.25, 0.3) is 5.91 Å². The Morgan fingerprint density at radius 1 is 1.25 bits per heavy atom. The summed E-state index contributed by atoms with van der Waals surface area (Å²) in [5.74, 6) is -0.0465. The highest BCUT2D eigenvalue weighted by atomic mass is 35.5. The van der Waals surface area contributed by atoms with Crippen LogP contribution in [-0.4, -0.2) is 21.8 Å². The summed E-state index contributed by atoms with van der Waals surface area (Å²) in [7, 11) is 0. The van der Waals surface area contributed by atoms with Gasteiger partial charge >= 0.3 is 0 Å². The lowest BCUT2D eigenvalue weighted by molar-refractivity contribution is 0.0981. The number of nitrogens with zero attached hydrogens (tertiary/aromatic N) is 3. The molecule has 0 unspecified atom stereocenters. The molecular formula is C19H20ClN3O. The van der Waals surface area contributed by atoms with Gasteiger partial charge in [0.1, 0.15) is 11.3 Å². The summed E-state index contributed by atoms with van der Waals surface area (Å²) in [5, 5.41) is 0.611. The number of amides is 1. The molecule has 1 amide bonds. The van der Waals surface area contributed by atoms with Crippen LogP contribution in [0.15, 0.2) is 42.6 Å². The molecule has 0 spiro atoms. The number of halogens is 1. The first kappa shape index (κ1) is 16.5. The van der Waals surface area contributed by atoms with Crippen molar-refractivity contribution in [2.24, 2.45) is 0 Å². The first-order chi connectivity index (χ1) is 11.5. The number of carbonyl (C=O) groups is 1. The smallest absolute Gasteiger partial charge is 0.277 e. The van der Waals surface area contributed by atoms with Crippen LogP contribution in [0.2, 0.25) is 5.02 Å². The zero-order valence-corrected chi connectivity index (χ0v) is 14.8. The maximum Gasteiger partial charge on any atom is 0.277 e. The second kappa shape index (κ2) is 6.65. The molecular weight excluding hydrogens is 322 g/mol. The molecule has 0 aliphatic heterocycles. The summed E-state index contributed by atoms with van der Waals surface area (Å²) in [6, 6.07) is 11.5. The Morgan fingerprint density at radius 2 is 2.04 bits per heavy atom. The predicted molar refractivity (Wildman–Crippen MR) is 98.1 cm³/mol. The SMILES string of the molecule is CCc1nc2cc(Cl)ccn2c1C(=O)N(CC)c1cccc(C)c1. The molecule has 0 aliphatic rings. The van der Waals surface area contributed by atoms with Gasteiger partial charge in [-0.25, -0.2) is 4.98 Å². The standard InChI is InChI=1S/C19H20ClN3O/c1-4-16-18(23-10-9-14(20)12-17(23)21-16)19(24)22(5-2)15-8-6-7-13(3)11-15/h6-12H,4-5H2,1-3H3. The topological polar surface area (TPSA) is 37.6 Å². The lowest BCUT2D eigenvalue weighted by Gasteiger charge is -2.21. The summed E-state index contributed by atoms with van der Waals surface area (Å²) >= 11 is 6.06. The van der Waals surface area contributed by atoms with Crippen LogP contribution in [0.25, 0.3) is 5.65 Å². The van der Waals surface area contributed by atoms with Crippen molar-refractivity contribution < 1.29 is 4.79 Å². The van der Waals surface area contributed by atoms with Crippen molar-refractivity contribution in [1.82, 2.24) is 9.38 Å². The zero-order valence-electron chi connectivity index (χ0n) is 14.1. The molecule has 24 heavy (non-hydrogen) atoms. The number of imidazole rings is 1. The van der Waals surface area contributed by atoms with Crippen LogP contribution in [0.4, 0.5) is 5.69 Å². The second-order valence-electron chi connectivity index (χ2n) is 5.72. The van der Waals surface area contributed by atoms with Gasteiger partial charge in [-0.05, 0) is 44.0 Å². The number of aromatic nitrogens is 2. The van der Waals surface area contributed by atoms with Crippen LogP contribution < -0.4 is 4.90 Å². The number of hydrogen-bond acceptors (Lipinski definition) is 2. The average Bonchev–Trinajstić information content (AvgIpc) is 2.93. The molecule has 0 N–H and O–H groups in total. The van der Waals surface area contributed by atoms with Gasteiger partial charge in [0.15, 0.2) is 0 Å². The summed E-state index contributed by atoms with van der Waals surface area (Å²) in [4.78, 5) is 19.6. The Labute approximate surface area is 146 Å². The van der Waals surface area contributed by atoms with Gasteiger partial charge in [-0.2, -0.15) is 0 Å². The molecule has 0 atom stereocenters. The molecule has 0 radical (unpaired) electrons. The minimum atomic E-state index is -0.0465. The van der Waals surface area contributed by atoms with Crippen molar-refractivity contribution in [3.63, 3.8) is 0 Å². The van der Waals surface area contributed by atoms with E-state index in [2.05, 4.69) is 4.98 Å². The highest BCUT2D eigenvalue weighted by Gasteiger charge is 2.24. The van der Waals surface area contributed by atoms with E-state index in [1.165, 1.54) is 0 Å². The van der Waals surface area contributed by atoms with Gasteiger partial charge in [0.2, 0.25) is 0 Å². The Bertz CT molecular complexity index is 901. The van der Waals surface area contributed by atoms with Crippen LogP contribution in [-0.2, 0) is 6.42 Å². The molecule has 5 heteroatoms. The Hall–Kier alpha value is -2.33. The number of hydrogen-bond donors (Lipinski definition) is 0. The molecule has 4 nitrogen and oxygen atoms in total. The number of anilines is 1. The largest absolute Gasteiger partial charge is 0.307 e. The number of pyridine rings is 1. The minimum absolute atomic E-state index is 0.0465. The van der Waals surface area contributed by atoms with Crippen molar-refractivity contribution in [2.75, 3.05) is 11.4 Å². The summed E-state index contributed by atoms with van der Waals surface area (Å²) in [6.07, 6.45) is 2.49. The first-order valence-electron chi connectivity index (χ1n) is 8.10. The fourth-order valence-electron chi connectivity index (χ4n) is 2.91. The molecule has 0 aliphatic carbocycles. The highest BCUT2D eigenvalue weighted by molar-refractivity contribution is 6.30. The summed E-state index contributed by atoms with van der Waals surface area (Å²) in [6.45, 7) is 6.59. The Kier molecular flexibility index (Phi) is 4.58. The maximum absolute atomic E-state index is 13.3. The fourth-order valence-corrected chi connectivity index (χ4v) is 3.06. The zero-order chi connectivity index (χ0) is 17.3. The van der Waals surface area contributed by atoms with Crippen molar-refractivity contribution >= 4 is 28.8 Å². The molecule has 0 bridgehead atoms. The molecule has 3 aromatic rings. The van der Waals surface area contributed by atoms with Crippen LogP contribution in [0, 0.1) is 6.92 Å². The second-order valence-corrected chi connectivity index (χ2v) is 6.16. The number of aryl methyl sites for hydroxylation is 2. The third-order valence-corrected chi connectivity index (χ3v) is 4.31. The summed E-state index contributed by atoms with van der Waals surface area (Å²) in [5.41, 5.74) is 4.11. The van der Waals surface area contributed by atoms with E-state index in [1.54, 1.807) is 23.2 Å². The Morgan fingerprint density at radius 3 is 2.71 bits per heavy atom. The molecule has 2 heterocycles. The van der Waals surface area contributed by atoms with Crippen molar-refractivity contribution in [3.05, 3.63) is 64.6 Å². The van der Waals surface area contributed by atoms with Gasteiger partial charge in [-0.1, -0.05) is 30.7 Å². The van der Waals surface area contributed by atoms with E-state index in [1.807, 2.05) is 49.4 Å². The van der Waals surface area contributed by atoms with Gasteiger partial charge in [-0.3, -0.25) is 9.20 Å².